The number of nitrogens with one attached hydrogen (secondary N) is 1. The maximum Gasteiger partial charge on any atom is 0.417 e. The number of alkyl halides is 3. The van der Waals surface area contributed by atoms with Gasteiger partial charge in [0.15, 0.2) is 11.5 Å². The molecule has 0 saturated carbocycles. The van der Waals surface area contributed by atoms with E-state index in [-0.39, 0.29) is 24.3 Å². The zero-order valence-electron chi connectivity index (χ0n) is 19.1. The van der Waals surface area contributed by atoms with E-state index >= 15 is 0 Å². The van der Waals surface area contributed by atoms with E-state index < -0.39 is 23.6 Å². The molecule has 2 aromatic carbocycles. The van der Waals surface area contributed by atoms with Crippen molar-refractivity contribution in [1.82, 2.24) is 15.1 Å². The number of amides is 2. The molecule has 36 heavy (non-hydrogen) atoms. The highest BCUT2D eigenvalue weighted by Gasteiger charge is 2.36. The number of methoxy groups -OCH3 is 1. The second-order valence-corrected chi connectivity index (χ2v) is 8.31. The average molecular weight is 520 g/mol. The lowest BCUT2D eigenvalue weighted by molar-refractivity contribution is -0.138. The molecule has 1 fully saturated rings. The number of rotatable bonds is 5. The van der Waals surface area contributed by atoms with E-state index in [0.717, 1.165) is 6.07 Å². The quantitative estimate of drug-likeness (QED) is 0.538. The van der Waals surface area contributed by atoms with Gasteiger partial charge in [-0.05, 0) is 36.4 Å². The normalized spacial score (nSPS) is 13.9. The van der Waals surface area contributed by atoms with Crippen LogP contribution in [0.3, 0.4) is 0 Å². The van der Waals surface area contributed by atoms with Gasteiger partial charge in [0.1, 0.15) is 5.75 Å². The number of hydrogen-bond donors (Lipinski definition) is 1. The fraction of sp³-hybridized carbons (Fsp3) is 0.250. The highest BCUT2D eigenvalue weighted by molar-refractivity contribution is 6.34. The Morgan fingerprint density at radius 2 is 1.72 bits per heavy atom. The molecule has 2 amide bonds. The van der Waals surface area contributed by atoms with Crippen LogP contribution in [-0.2, 0) is 6.18 Å². The van der Waals surface area contributed by atoms with Crippen molar-refractivity contribution in [2.75, 3.05) is 43.5 Å². The number of carbonyl (C=O) groups excluding carboxylic acids is 2. The van der Waals surface area contributed by atoms with Crippen LogP contribution in [0.4, 0.5) is 24.7 Å². The number of benzene rings is 2. The number of hydrogen-bond acceptors (Lipinski definition) is 6. The Hall–Kier alpha value is -3.86. The van der Waals surface area contributed by atoms with E-state index in [9.17, 15) is 22.8 Å². The van der Waals surface area contributed by atoms with Gasteiger partial charge in [-0.1, -0.05) is 23.7 Å². The third-order valence-electron chi connectivity index (χ3n) is 5.66. The first-order chi connectivity index (χ1) is 17.2. The summed E-state index contributed by atoms with van der Waals surface area (Å²) in [6.07, 6.45) is -4.61. The highest BCUT2D eigenvalue weighted by Crippen LogP contribution is 2.32. The molecule has 0 bridgehead atoms. The molecule has 12 heteroatoms. The lowest BCUT2D eigenvalue weighted by atomic mass is 10.1. The second kappa shape index (κ2) is 10.4. The van der Waals surface area contributed by atoms with Gasteiger partial charge in [0, 0.05) is 32.2 Å². The van der Waals surface area contributed by atoms with Crippen LogP contribution in [0.1, 0.15) is 26.4 Å². The first-order valence-electron chi connectivity index (χ1n) is 10.9. The monoisotopic (exact) mass is 519 g/mol. The van der Waals surface area contributed by atoms with Crippen molar-refractivity contribution >= 4 is 34.9 Å². The number of carbonyl (C=O) groups is 2. The van der Waals surface area contributed by atoms with Crippen LogP contribution in [0.25, 0.3) is 0 Å². The fourth-order valence-corrected chi connectivity index (χ4v) is 3.97. The van der Waals surface area contributed by atoms with Crippen LogP contribution in [0.5, 0.6) is 5.75 Å². The summed E-state index contributed by atoms with van der Waals surface area (Å²) in [4.78, 5) is 28.5. The van der Waals surface area contributed by atoms with E-state index in [1.165, 1.54) is 36.3 Å². The fourth-order valence-electron chi connectivity index (χ4n) is 3.75. The van der Waals surface area contributed by atoms with Crippen LogP contribution in [0, 0.1) is 0 Å². The molecular formula is C24H21ClF3N5O3. The van der Waals surface area contributed by atoms with Crippen LogP contribution < -0.4 is 15.0 Å². The molecule has 0 aliphatic carbocycles. The second-order valence-electron chi connectivity index (χ2n) is 7.90. The number of anilines is 2. The Labute approximate surface area is 209 Å². The predicted octanol–water partition coefficient (Wildman–Crippen LogP) is 4.37. The summed E-state index contributed by atoms with van der Waals surface area (Å²) < 4.78 is 44.9. The van der Waals surface area contributed by atoms with Gasteiger partial charge in [0.25, 0.3) is 11.8 Å². The molecule has 4 rings (SSSR count). The first-order valence-corrected chi connectivity index (χ1v) is 11.2. The van der Waals surface area contributed by atoms with Gasteiger partial charge in [-0.2, -0.15) is 13.2 Å². The summed E-state index contributed by atoms with van der Waals surface area (Å²) in [7, 11) is 1.51. The molecule has 0 radical (unpaired) electrons. The van der Waals surface area contributed by atoms with E-state index in [1.807, 2.05) is 4.90 Å². The van der Waals surface area contributed by atoms with Crippen molar-refractivity contribution in [1.29, 1.82) is 0 Å². The molecule has 0 atom stereocenters. The molecule has 1 aromatic heterocycles. The molecule has 1 aliphatic rings. The van der Waals surface area contributed by atoms with Gasteiger partial charge in [-0.15, -0.1) is 10.2 Å². The minimum atomic E-state index is -4.61. The summed E-state index contributed by atoms with van der Waals surface area (Å²) in [5, 5.41) is 11.0. The van der Waals surface area contributed by atoms with Crippen molar-refractivity contribution in [3.05, 3.63) is 76.4 Å². The molecule has 0 unspecified atom stereocenters. The van der Waals surface area contributed by atoms with Gasteiger partial charge in [-0.25, -0.2) is 0 Å². The summed E-state index contributed by atoms with van der Waals surface area (Å²) in [5.74, 6) is -0.136. The first kappa shape index (κ1) is 25.2. The van der Waals surface area contributed by atoms with Gasteiger partial charge in [-0.3, -0.25) is 9.59 Å². The Morgan fingerprint density at radius 1 is 1.00 bits per heavy atom. The van der Waals surface area contributed by atoms with Gasteiger partial charge >= 0.3 is 6.18 Å². The Balaban J connectivity index is 1.37. The van der Waals surface area contributed by atoms with Crippen LogP contribution >= 0.6 is 11.6 Å². The molecule has 1 saturated heterocycles. The van der Waals surface area contributed by atoms with Crippen LogP contribution in [0.15, 0.2) is 54.6 Å². The molecule has 1 N–H and O–H groups in total. The Morgan fingerprint density at radius 3 is 2.33 bits per heavy atom. The molecule has 3 aromatic rings. The maximum atomic E-state index is 13.3. The van der Waals surface area contributed by atoms with Gasteiger partial charge in [0.2, 0.25) is 0 Å². The van der Waals surface area contributed by atoms with E-state index in [0.29, 0.717) is 35.4 Å². The SMILES string of the molecule is COc1ccc(NC(=O)c2ccc(N3CCN(C(=O)c4ccccc4C(F)(F)F)CC3)nn2)c(Cl)c1. The molecule has 0 spiro atoms. The lowest BCUT2D eigenvalue weighted by Gasteiger charge is -2.35. The summed E-state index contributed by atoms with van der Waals surface area (Å²) >= 11 is 6.15. The third-order valence-corrected chi connectivity index (χ3v) is 5.97. The number of ether oxygens (including phenoxy) is 1. The molecule has 8 nitrogen and oxygen atoms in total. The number of aromatic nitrogens is 2. The number of halogens is 4. The topological polar surface area (TPSA) is 87.7 Å². The standard InChI is InChI=1S/C24H21ClF3N5O3/c1-36-15-6-7-19(18(25)14-15)29-22(34)20-8-9-21(31-30-20)32-10-12-33(13-11-32)23(35)16-4-2-3-5-17(16)24(26,27)28/h2-9,14H,10-13H2,1H3,(H,29,34). The largest absolute Gasteiger partial charge is 0.497 e. The molecule has 188 valence electrons. The van der Waals surface area contributed by atoms with Crippen molar-refractivity contribution < 1.29 is 27.5 Å². The molecular weight excluding hydrogens is 499 g/mol. The highest BCUT2D eigenvalue weighted by atomic mass is 35.5. The van der Waals surface area contributed by atoms with Gasteiger partial charge < -0.3 is 19.9 Å². The zero-order chi connectivity index (χ0) is 25.9. The minimum Gasteiger partial charge on any atom is -0.497 e. The average Bonchev–Trinajstić information content (AvgIpc) is 2.89. The van der Waals surface area contributed by atoms with Crippen LogP contribution in [-0.4, -0.2) is 60.2 Å². The lowest BCUT2D eigenvalue weighted by Crippen LogP contribution is -2.49. The van der Waals surface area contributed by atoms with Crippen molar-refractivity contribution in [2.24, 2.45) is 0 Å². The zero-order valence-corrected chi connectivity index (χ0v) is 19.8. The molecule has 1 aliphatic heterocycles. The number of nitrogens with zero attached hydrogens (tertiary/aromatic N) is 4. The molecule has 2 heterocycles. The smallest absolute Gasteiger partial charge is 0.417 e. The van der Waals surface area contributed by atoms with Crippen molar-refractivity contribution in [3.63, 3.8) is 0 Å². The summed E-state index contributed by atoms with van der Waals surface area (Å²) in [6, 6.07) is 12.7. The Kier molecular flexibility index (Phi) is 7.30. The van der Waals surface area contributed by atoms with Crippen LogP contribution in [0.2, 0.25) is 5.02 Å². The van der Waals surface area contributed by atoms with E-state index in [1.54, 1.807) is 24.3 Å². The minimum absolute atomic E-state index is 0.0724. The third kappa shape index (κ3) is 5.51. The number of piperazine rings is 1. The van der Waals surface area contributed by atoms with E-state index in [4.69, 9.17) is 16.3 Å². The Bertz CT molecular complexity index is 1260. The van der Waals surface area contributed by atoms with E-state index in [2.05, 4.69) is 15.5 Å². The van der Waals surface area contributed by atoms with Crippen molar-refractivity contribution in [3.8, 4) is 5.75 Å². The summed E-state index contributed by atoms with van der Waals surface area (Å²) in [5.41, 5.74) is -0.858. The van der Waals surface area contributed by atoms with Gasteiger partial charge in [0.05, 0.1) is 28.9 Å². The predicted molar refractivity (Wildman–Crippen MR) is 128 cm³/mol. The van der Waals surface area contributed by atoms with Crippen molar-refractivity contribution in [2.45, 2.75) is 6.18 Å². The maximum absolute atomic E-state index is 13.3. The summed E-state index contributed by atoms with van der Waals surface area (Å²) in [6.45, 7) is 1.12.